The third-order valence-corrected chi connectivity index (χ3v) is 30.4. The lowest BCUT2D eigenvalue weighted by molar-refractivity contribution is 1.18. The average molecular weight is 1910 g/mol. The second kappa shape index (κ2) is 37.4. The molecule has 6 nitrogen and oxygen atoms in total. The SMILES string of the molecule is c1ccc(-c2cccc(-n3c4ccccc4c4cc(-c5ccc6c(c5)c5ccccc5n6-c5cccc(-c6ccccc6)c5)ccc43)c2)cc1.c1ccc(-c2cccc(-n3c4ccccc4c4cc(-c5ccc6c(c5)c5ccccc5n6-c5ccccc5-c5ccccc5)ccc43)c2)cc1.c1ccc(-c2ccccc2-n2c3ccccc3c3cc(-c4ccc5c(c4)c4ccccc4n5-c4ccccc4-c4ccccc4)ccc32)cc1. The molecule has 0 saturated heterocycles. The van der Waals surface area contributed by atoms with Crippen molar-refractivity contribution >= 4 is 131 Å². The molecule has 0 unspecified atom stereocenters. The van der Waals surface area contributed by atoms with Gasteiger partial charge in [-0.15, -0.1) is 0 Å². The van der Waals surface area contributed by atoms with E-state index in [2.05, 4.69) is 610 Å². The molecule has 6 aromatic heterocycles. The third-order valence-electron chi connectivity index (χ3n) is 30.4. The maximum Gasteiger partial charge on any atom is 0.0541 e. The molecule has 0 bridgehead atoms. The van der Waals surface area contributed by atoms with E-state index < -0.39 is 0 Å². The molecule has 0 fully saturated rings. The van der Waals surface area contributed by atoms with Gasteiger partial charge in [-0.3, -0.25) is 0 Å². The van der Waals surface area contributed by atoms with Gasteiger partial charge in [-0.1, -0.05) is 419 Å². The Labute approximate surface area is 868 Å². The number of fused-ring (bicyclic) bond motifs is 18. The van der Waals surface area contributed by atoms with Crippen molar-refractivity contribution in [3.8, 4) is 134 Å². The summed E-state index contributed by atoms with van der Waals surface area (Å²) >= 11 is 0. The Hall–Kier alpha value is -19.9. The molecular formula is C144H96N6. The summed E-state index contributed by atoms with van der Waals surface area (Å²) in [6.45, 7) is 0. The molecule has 0 aliphatic rings. The van der Waals surface area contributed by atoms with Crippen LogP contribution < -0.4 is 0 Å². The van der Waals surface area contributed by atoms with Crippen LogP contribution in [0.5, 0.6) is 0 Å². The van der Waals surface area contributed by atoms with Gasteiger partial charge in [-0.05, 0) is 247 Å². The van der Waals surface area contributed by atoms with Crippen LogP contribution in [-0.2, 0) is 0 Å². The van der Waals surface area contributed by atoms with Crippen molar-refractivity contribution in [2.45, 2.75) is 0 Å². The Balaban J connectivity index is 0.000000108. The summed E-state index contributed by atoms with van der Waals surface area (Å²) in [6, 6.07) is 211. The number of aromatic nitrogens is 6. The van der Waals surface area contributed by atoms with E-state index in [1.54, 1.807) is 0 Å². The van der Waals surface area contributed by atoms with Crippen LogP contribution >= 0.6 is 0 Å². The fourth-order valence-electron chi connectivity index (χ4n) is 23.5. The molecule has 30 rings (SSSR count). The van der Waals surface area contributed by atoms with Crippen molar-refractivity contribution in [2.75, 3.05) is 0 Å². The standard InChI is InChI=1S/3C48H32N2/c1-3-15-33(16-4-1)37-19-7-11-23-43(37)49-45-25-13-9-21-39(45)41-31-35(27-29-47(41)49)36-28-30-48-42(32-36)40-22-10-14-26-46(40)50(48)44-24-12-8-20-38(44)34-17-5-2-6-18-34;1-3-14-33(15-4-1)35-18-13-19-38(30-35)49-45-24-11-8-21-40(45)42-31-36(26-28-47(42)49)37-27-29-48-43(32-37)41-22-9-12-25-46(41)50(48)44-23-10-7-20-39(44)34-16-5-2-6-17-34;1-3-13-33(14-4-1)35-17-11-19-39(29-35)49-45-23-9-7-21-41(45)43-31-37(25-27-47(43)49)38-26-28-48-44(32-38)42-22-8-10-24-46(42)50(48)40-20-12-18-36(30-40)34-15-5-2-6-16-34/h3*1-32H. The molecule has 150 heavy (non-hydrogen) atoms. The quantitative estimate of drug-likeness (QED) is 0.0979. The zero-order valence-electron chi connectivity index (χ0n) is 82.1. The molecule has 702 valence electrons. The van der Waals surface area contributed by atoms with Gasteiger partial charge in [0.15, 0.2) is 0 Å². The van der Waals surface area contributed by atoms with E-state index in [-0.39, 0.29) is 0 Å². The largest absolute Gasteiger partial charge is 0.309 e. The van der Waals surface area contributed by atoms with Crippen LogP contribution in [0.2, 0.25) is 0 Å². The summed E-state index contributed by atoms with van der Waals surface area (Å²) in [4.78, 5) is 0. The van der Waals surface area contributed by atoms with E-state index in [1.165, 1.54) is 248 Å². The Morgan fingerprint density at radius 2 is 0.247 bits per heavy atom. The number of nitrogens with zero attached hydrogens (tertiary/aromatic N) is 6. The van der Waals surface area contributed by atoms with Crippen LogP contribution in [0.3, 0.4) is 0 Å². The van der Waals surface area contributed by atoms with Gasteiger partial charge < -0.3 is 27.4 Å². The van der Waals surface area contributed by atoms with Crippen LogP contribution in [0.4, 0.5) is 0 Å². The van der Waals surface area contributed by atoms with E-state index in [4.69, 9.17) is 0 Å². The molecule has 6 heteroatoms. The first-order valence-corrected chi connectivity index (χ1v) is 51.6. The maximum absolute atomic E-state index is 2.43. The smallest absolute Gasteiger partial charge is 0.0541 e. The van der Waals surface area contributed by atoms with Gasteiger partial charge in [0.05, 0.1) is 83.3 Å². The van der Waals surface area contributed by atoms with Gasteiger partial charge in [0.25, 0.3) is 0 Å². The molecule has 24 aromatic carbocycles. The normalized spacial score (nSPS) is 11.6. The summed E-state index contributed by atoms with van der Waals surface area (Å²) < 4.78 is 14.5. The summed E-state index contributed by atoms with van der Waals surface area (Å²) in [7, 11) is 0. The molecule has 0 spiro atoms. The minimum absolute atomic E-state index is 1.16. The minimum atomic E-state index is 1.16. The molecule has 0 aliphatic heterocycles. The van der Waals surface area contributed by atoms with Gasteiger partial charge >= 0.3 is 0 Å². The average Bonchev–Trinajstić information content (AvgIpc) is 1.58. The summed E-state index contributed by atoms with van der Waals surface area (Å²) in [5.41, 5.74) is 43.4. The van der Waals surface area contributed by atoms with E-state index in [0.29, 0.717) is 0 Å². The molecule has 0 amide bonds. The fourth-order valence-corrected chi connectivity index (χ4v) is 23.5. The summed E-state index contributed by atoms with van der Waals surface area (Å²) in [6.07, 6.45) is 0. The number of hydrogen-bond donors (Lipinski definition) is 0. The van der Waals surface area contributed by atoms with Gasteiger partial charge in [-0.25, -0.2) is 0 Å². The number of benzene rings is 24. The van der Waals surface area contributed by atoms with Crippen LogP contribution in [-0.4, -0.2) is 27.4 Å². The molecule has 30 aromatic rings. The molecule has 0 N–H and O–H groups in total. The zero-order valence-corrected chi connectivity index (χ0v) is 82.1. The topological polar surface area (TPSA) is 29.6 Å². The highest BCUT2D eigenvalue weighted by molar-refractivity contribution is 6.18. The Kier molecular flexibility index (Phi) is 21.9. The van der Waals surface area contributed by atoms with Crippen molar-refractivity contribution < 1.29 is 0 Å². The minimum Gasteiger partial charge on any atom is -0.309 e. The van der Waals surface area contributed by atoms with Crippen LogP contribution in [0.1, 0.15) is 0 Å². The van der Waals surface area contributed by atoms with Crippen molar-refractivity contribution in [2.24, 2.45) is 0 Å². The van der Waals surface area contributed by atoms with E-state index in [9.17, 15) is 0 Å². The number of rotatable bonds is 15. The molecule has 0 radical (unpaired) electrons. The second-order valence-corrected chi connectivity index (χ2v) is 38.9. The van der Waals surface area contributed by atoms with Crippen molar-refractivity contribution in [1.82, 2.24) is 27.4 Å². The highest BCUT2D eigenvalue weighted by Crippen LogP contribution is 2.48. The fraction of sp³-hybridized carbons (Fsp3) is 0. The lowest BCUT2D eigenvalue weighted by Gasteiger charge is -2.14. The van der Waals surface area contributed by atoms with E-state index >= 15 is 0 Å². The van der Waals surface area contributed by atoms with Crippen molar-refractivity contribution in [1.29, 1.82) is 0 Å². The van der Waals surface area contributed by atoms with Crippen LogP contribution in [0, 0.1) is 0 Å². The van der Waals surface area contributed by atoms with E-state index in [1.807, 2.05) is 0 Å². The monoisotopic (exact) mass is 1910 g/mol. The van der Waals surface area contributed by atoms with Gasteiger partial charge in [-0.2, -0.15) is 0 Å². The predicted octanol–water partition coefficient (Wildman–Crippen LogP) is 38.6. The predicted molar refractivity (Wildman–Crippen MR) is 634 cm³/mol. The number of para-hydroxylation sites is 9. The lowest BCUT2D eigenvalue weighted by atomic mass is 10.0. The van der Waals surface area contributed by atoms with Gasteiger partial charge in [0.1, 0.15) is 0 Å². The summed E-state index contributed by atoms with van der Waals surface area (Å²) in [5.74, 6) is 0. The Morgan fingerprint density at radius 1 is 0.0867 bits per heavy atom. The molecule has 6 heterocycles. The first-order chi connectivity index (χ1) is 74.4. The first kappa shape index (κ1) is 87.8. The highest BCUT2D eigenvalue weighted by atomic mass is 15.0. The highest BCUT2D eigenvalue weighted by Gasteiger charge is 2.25. The molecular weight excluding hydrogens is 1810 g/mol. The first-order valence-electron chi connectivity index (χ1n) is 51.6. The molecule has 0 aliphatic carbocycles. The second-order valence-electron chi connectivity index (χ2n) is 38.9. The summed E-state index contributed by atoms with van der Waals surface area (Å²) in [5, 5.41) is 15.0. The van der Waals surface area contributed by atoms with Gasteiger partial charge in [0, 0.05) is 98.4 Å². The van der Waals surface area contributed by atoms with Gasteiger partial charge in [0.2, 0.25) is 0 Å². The zero-order chi connectivity index (χ0) is 99.1. The van der Waals surface area contributed by atoms with E-state index in [0.717, 1.165) is 17.1 Å². The van der Waals surface area contributed by atoms with Crippen molar-refractivity contribution in [3.05, 3.63) is 582 Å². The maximum atomic E-state index is 2.43. The van der Waals surface area contributed by atoms with Crippen molar-refractivity contribution in [3.63, 3.8) is 0 Å². The Bertz CT molecular complexity index is 10100. The van der Waals surface area contributed by atoms with Crippen LogP contribution in [0.25, 0.3) is 265 Å². The Morgan fingerprint density at radius 3 is 0.473 bits per heavy atom. The molecule has 0 saturated carbocycles. The lowest BCUT2D eigenvalue weighted by Crippen LogP contribution is -1.97. The number of hydrogen-bond acceptors (Lipinski definition) is 0. The molecule has 0 atom stereocenters. The third kappa shape index (κ3) is 15.4. The van der Waals surface area contributed by atoms with Crippen LogP contribution in [0.15, 0.2) is 582 Å².